The summed E-state index contributed by atoms with van der Waals surface area (Å²) in [5.41, 5.74) is 1.22. The van der Waals surface area contributed by atoms with Gasteiger partial charge in [0.2, 0.25) is 0 Å². The Morgan fingerprint density at radius 2 is 2.20 bits per heavy atom. The molecule has 0 fully saturated rings. The van der Waals surface area contributed by atoms with Crippen molar-refractivity contribution < 1.29 is 9.90 Å². The zero-order valence-corrected chi connectivity index (χ0v) is 8.62. The van der Waals surface area contributed by atoms with E-state index in [1.54, 1.807) is 29.6 Å². The van der Waals surface area contributed by atoms with Gasteiger partial charge in [-0.1, -0.05) is 6.07 Å². The van der Waals surface area contributed by atoms with Crippen LogP contribution in [0.4, 0.5) is 5.69 Å². The molecule has 4 heteroatoms. The van der Waals surface area contributed by atoms with Gasteiger partial charge >= 0.3 is 0 Å². The van der Waals surface area contributed by atoms with Crippen LogP contribution in [0.15, 0.2) is 41.1 Å². The number of aromatic hydroxyl groups is 1. The topological polar surface area (TPSA) is 49.3 Å². The van der Waals surface area contributed by atoms with Crippen molar-refractivity contribution in [1.29, 1.82) is 0 Å². The lowest BCUT2D eigenvalue weighted by Crippen LogP contribution is -2.10. The molecule has 1 amide bonds. The predicted octanol–water partition coefficient (Wildman–Crippen LogP) is 2.71. The number of nitrogens with one attached hydrogen (secondary N) is 1. The fourth-order valence-corrected chi connectivity index (χ4v) is 1.82. The molecule has 0 radical (unpaired) electrons. The number of amides is 1. The summed E-state index contributed by atoms with van der Waals surface area (Å²) >= 11 is 1.47. The highest BCUT2D eigenvalue weighted by Gasteiger charge is 2.05. The van der Waals surface area contributed by atoms with E-state index in [1.165, 1.54) is 17.4 Å². The quantitative estimate of drug-likeness (QED) is 0.815. The second-order valence-corrected chi connectivity index (χ2v) is 3.80. The number of carbonyl (C=O) groups is 1. The number of benzene rings is 1. The van der Waals surface area contributed by atoms with E-state index in [-0.39, 0.29) is 11.7 Å². The number of rotatable bonds is 2. The van der Waals surface area contributed by atoms with E-state index >= 15 is 0 Å². The minimum absolute atomic E-state index is 0.137. The second-order valence-electron chi connectivity index (χ2n) is 3.02. The van der Waals surface area contributed by atoms with Crippen molar-refractivity contribution in [3.05, 3.63) is 46.7 Å². The SMILES string of the molecule is O=C(Nc1cccc(O)c1)c1ccsc1. The fourth-order valence-electron chi connectivity index (χ4n) is 1.18. The van der Waals surface area contributed by atoms with Crippen LogP contribution >= 0.6 is 11.3 Å². The molecule has 76 valence electrons. The largest absolute Gasteiger partial charge is 0.508 e. The molecule has 0 saturated carbocycles. The van der Waals surface area contributed by atoms with Crippen LogP contribution in [0.5, 0.6) is 5.75 Å². The van der Waals surface area contributed by atoms with E-state index in [0.29, 0.717) is 11.3 Å². The average molecular weight is 219 g/mol. The first-order valence-electron chi connectivity index (χ1n) is 4.38. The van der Waals surface area contributed by atoms with Crippen LogP contribution in [0.25, 0.3) is 0 Å². The monoisotopic (exact) mass is 219 g/mol. The summed E-state index contributed by atoms with van der Waals surface area (Å²) in [4.78, 5) is 11.6. The Kier molecular flexibility index (Phi) is 2.69. The zero-order chi connectivity index (χ0) is 10.7. The molecule has 1 aromatic carbocycles. The summed E-state index contributed by atoms with van der Waals surface area (Å²) in [5.74, 6) is -0.0278. The molecular weight excluding hydrogens is 210 g/mol. The van der Waals surface area contributed by atoms with Crippen molar-refractivity contribution in [1.82, 2.24) is 0 Å². The van der Waals surface area contributed by atoms with Crippen molar-refractivity contribution in [2.75, 3.05) is 5.32 Å². The van der Waals surface area contributed by atoms with Crippen molar-refractivity contribution >= 4 is 22.9 Å². The molecule has 0 unspecified atom stereocenters. The molecule has 0 bridgehead atoms. The third-order valence-electron chi connectivity index (χ3n) is 1.89. The molecular formula is C11H9NO2S. The van der Waals surface area contributed by atoms with Gasteiger partial charge in [-0.15, -0.1) is 0 Å². The molecule has 0 atom stereocenters. The molecule has 0 spiro atoms. The van der Waals surface area contributed by atoms with Gasteiger partial charge in [0.1, 0.15) is 5.75 Å². The minimum Gasteiger partial charge on any atom is -0.508 e. The summed E-state index contributed by atoms with van der Waals surface area (Å²) in [5, 5.41) is 15.5. The molecule has 2 aromatic rings. The van der Waals surface area contributed by atoms with Gasteiger partial charge in [-0.2, -0.15) is 11.3 Å². The van der Waals surface area contributed by atoms with Gasteiger partial charge in [-0.3, -0.25) is 4.79 Å². The standard InChI is InChI=1S/C11H9NO2S/c13-10-3-1-2-9(6-10)12-11(14)8-4-5-15-7-8/h1-7,13H,(H,12,14). The maximum Gasteiger partial charge on any atom is 0.256 e. The predicted molar refractivity (Wildman–Crippen MR) is 60.4 cm³/mol. The summed E-state index contributed by atoms with van der Waals surface area (Å²) in [6.45, 7) is 0. The van der Waals surface area contributed by atoms with Crippen LogP contribution in [-0.2, 0) is 0 Å². The average Bonchev–Trinajstić information content (AvgIpc) is 2.70. The lowest BCUT2D eigenvalue weighted by Gasteiger charge is -2.03. The highest BCUT2D eigenvalue weighted by Crippen LogP contribution is 2.16. The number of anilines is 1. The van der Waals surface area contributed by atoms with Crippen LogP contribution in [0.1, 0.15) is 10.4 Å². The Morgan fingerprint density at radius 3 is 2.87 bits per heavy atom. The lowest BCUT2D eigenvalue weighted by atomic mass is 10.2. The second kappa shape index (κ2) is 4.14. The first kappa shape index (κ1) is 9.73. The number of carbonyl (C=O) groups excluding carboxylic acids is 1. The summed E-state index contributed by atoms with van der Waals surface area (Å²) in [7, 11) is 0. The Morgan fingerprint density at radius 1 is 1.33 bits per heavy atom. The van der Waals surface area contributed by atoms with E-state index in [0.717, 1.165) is 0 Å². The molecule has 15 heavy (non-hydrogen) atoms. The van der Waals surface area contributed by atoms with Crippen LogP contribution in [-0.4, -0.2) is 11.0 Å². The molecule has 0 aliphatic rings. The van der Waals surface area contributed by atoms with Crippen LogP contribution in [0.2, 0.25) is 0 Å². The van der Waals surface area contributed by atoms with E-state index in [4.69, 9.17) is 0 Å². The molecule has 2 N–H and O–H groups in total. The fraction of sp³-hybridized carbons (Fsp3) is 0. The van der Waals surface area contributed by atoms with Crippen LogP contribution in [0, 0.1) is 0 Å². The van der Waals surface area contributed by atoms with Crippen LogP contribution < -0.4 is 5.32 Å². The summed E-state index contributed by atoms with van der Waals surface area (Å²) < 4.78 is 0. The molecule has 0 aliphatic carbocycles. The van der Waals surface area contributed by atoms with E-state index in [1.807, 2.05) is 5.38 Å². The Hall–Kier alpha value is -1.81. The number of phenols is 1. The van der Waals surface area contributed by atoms with E-state index in [9.17, 15) is 9.90 Å². The Balaban J connectivity index is 2.13. The number of hydrogen-bond acceptors (Lipinski definition) is 3. The van der Waals surface area contributed by atoms with Gasteiger partial charge in [0.05, 0.1) is 5.56 Å². The lowest BCUT2D eigenvalue weighted by molar-refractivity contribution is 0.102. The third-order valence-corrected chi connectivity index (χ3v) is 2.57. The normalized spacial score (nSPS) is 9.87. The van der Waals surface area contributed by atoms with Crippen molar-refractivity contribution in [2.45, 2.75) is 0 Å². The van der Waals surface area contributed by atoms with Gasteiger partial charge in [0, 0.05) is 17.1 Å². The maximum absolute atomic E-state index is 11.6. The van der Waals surface area contributed by atoms with Gasteiger partial charge in [-0.05, 0) is 23.6 Å². The summed E-state index contributed by atoms with van der Waals surface area (Å²) in [6.07, 6.45) is 0. The summed E-state index contributed by atoms with van der Waals surface area (Å²) in [6, 6.07) is 8.22. The number of phenolic OH excluding ortho intramolecular Hbond substituents is 1. The first-order valence-corrected chi connectivity index (χ1v) is 5.32. The van der Waals surface area contributed by atoms with E-state index < -0.39 is 0 Å². The van der Waals surface area contributed by atoms with Gasteiger partial charge in [0.15, 0.2) is 0 Å². The number of thiophene rings is 1. The van der Waals surface area contributed by atoms with E-state index in [2.05, 4.69) is 5.32 Å². The first-order chi connectivity index (χ1) is 7.25. The van der Waals surface area contributed by atoms with Crippen molar-refractivity contribution in [2.24, 2.45) is 0 Å². The molecule has 2 rings (SSSR count). The zero-order valence-electron chi connectivity index (χ0n) is 7.81. The minimum atomic E-state index is -0.165. The Bertz CT molecular complexity index is 465. The van der Waals surface area contributed by atoms with Gasteiger partial charge in [-0.25, -0.2) is 0 Å². The van der Waals surface area contributed by atoms with Crippen LogP contribution in [0.3, 0.4) is 0 Å². The smallest absolute Gasteiger partial charge is 0.256 e. The van der Waals surface area contributed by atoms with Crippen molar-refractivity contribution in [3.8, 4) is 5.75 Å². The Labute approximate surface area is 91.0 Å². The number of hydrogen-bond donors (Lipinski definition) is 2. The molecule has 3 nitrogen and oxygen atoms in total. The molecule has 0 aliphatic heterocycles. The third kappa shape index (κ3) is 2.35. The molecule has 1 aromatic heterocycles. The highest BCUT2D eigenvalue weighted by atomic mass is 32.1. The molecule has 0 saturated heterocycles. The highest BCUT2D eigenvalue weighted by molar-refractivity contribution is 7.08. The van der Waals surface area contributed by atoms with Gasteiger partial charge in [0.25, 0.3) is 5.91 Å². The van der Waals surface area contributed by atoms with Gasteiger partial charge < -0.3 is 10.4 Å². The maximum atomic E-state index is 11.6. The molecule has 1 heterocycles. The van der Waals surface area contributed by atoms with Crippen molar-refractivity contribution in [3.63, 3.8) is 0 Å².